The summed E-state index contributed by atoms with van der Waals surface area (Å²) >= 11 is 6.04. The van der Waals surface area contributed by atoms with E-state index in [-0.39, 0.29) is 22.8 Å². The lowest BCUT2D eigenvalue weighted by molar-refractivity contribution is -0.117. The summed E-state index contributed by atoms with van der Waals surface area (Å²) in [5.74, 6) is -1.10. The van der Waals surface area contributed by atoms with Crippen molar-refractivity contribution in [3.8, 4) is 0 Å². The van der Waals surface area contributed by atoms with Gasteiger partial charge in [0.05, 0.1) is 28.8 Å². The van der Waals surface area contributed by atoms with Gasteiger partial charge in [-0.2, -0.15) is 0 Å². The quantitative estimate of drug-likeness (QED) is 0.701. The zero-order valence-electron chi connectivity index (χ0n) is 13.6. The molecule has 3 rings (SSSR count). The third kappa shape index (κ3) is 3.55. The summed E-state index contributed by atoms with van der Waals surface area (Å²) in [4.78, 5) is 36.2. The van der Waals surface area contributed by atoms with Crippen LogP contribution in [0.1, 0.15) is 10.4 Å². The Hall–Kier alpha value is -3.26. The maximum atomic E-state index is 12.4. The molecule has 0 saturated heterocycles. The molecule has 1 aromatic heterocycles. The van der Waals surface area contributed by atoms with Crippen molar-refractivity contribution in [3.63, 3.8) is 0 Å². The molecule has 26 heavy (non-hydrogen) atoms. The first-order chi connectivity index (χ1) is 12.5. The molecule has 0 aliphatic rings. The van der Waals surface area contributed by atoms with E-state index in [0.717, 1.165) is 4.68 Å². The molecule has 9 heteroatoms. The van der Waals surface area contributed by atoms with Crippen molar-refractivity contribution in [1.82, 2.24) is 15.0 Å². The summed E-state index contributed by atoms with van der Waals surface area (Å²) in [6, 6.07) is 11.0. The number of fused-ring (bicyclic) bond motifs is 1. The van der Waals surface area contributed by atoms with E-state index in [1.54, 1.807) is 24.3 Å². The fraction of sp³-hybridized carbons (Fsp3) is 0.118. The van der Waals surface area contributed by atoms with E-state index in [0.29, 0.717) is 10.9 Å². The molecule has 1 heterocycles. The Morgan fingerprint density at radius 2 is 2.00 bits per heavy atom. The lowest BCUT2D eigenvalue weighted by Crippen LogP contribution is -2.30. The van der Waals surface area contributed by atoms with Crippen molar-refractivity contribution in [2.75, 3.05) is 12.4 Å². The second kappa shape index (κ2) is 7.32. The minimum absolute atomic E-state index is 0.223. The molecule has 1 amide bonds. The third-order valence-corrected chi connectivity index (χ3v) is 3.91. The molecule has 2 aromatic carbocycles. The summed E-state index contributed by atoms with van der Waals surface area (Å²) in [5.41, 5.74) is 0.472. The van der Waals surface area contributed by atoms with Gasteiger partial charge >= 0.3 is 5.97 Å². The maximum Gasteiger partial charge on any atom is 0.337 e. The fourth-order valence-electron chi connectivity index (χ4n) is 2.32. The number of halogens is 1. The van der Waals surface area contributed by atoms with Gasteiger partial charge < -0.3 is 10.1 Å². The first-order valence-corrected chi connectivity index (χ1v) is 7.87. The van der Waals surface area contributed by atoms with Gasteiger partial charge in [0.15, 0.2) is 0 Å². The van der Waals surface area contributed by atoms with Crippen LogP contribution in [-0.4, -0.2) is 34.0 Å². The summed E-state index contributed by atoms with van der Waals surface area (Å²) in [7, 11) is 1.25. The number of hydrogen-bond acceptors (Lipinski definition) is 6. The van der Waals surface area contributed by atoms with Crippen LogP contribution >= 0.6 is 11.6 Å². The lowest BCUT2D eigenvalue weighted by Gasteiger charge is -2.09. The van der Waals surface area contributed by atoms with Crippen molar-refractivity contribution in [2.45, 2.75) is 6.54 Å². The second-order valence-corrected chi connectivity index (χ2v) is 5.71. The molecule has 0 atom stereocenters. The average Bonchev–Trinajstić information content (AvgIpc) is 2.65. The van der Waals surface area contributed by atoms with Crippen LogP contribution in [0.4, 0.5) is 5.69 Å². The first kappa shape index (κ1) is 17.6. The fourth-order valence-corrected chi connectivity index (χ4v) is 2.48. The summed E-state index contributed by atoms with van der Waals surface area (Å²) in [6.07, 6.45) is 0. The zero-order chi connectivity index (χ0) is 18.7. The molecule has 0 bridgehead atoms. The Kier molecular flexibility index (Phi) is 4.94. The van der Waals surface area contributed by atoms with Crippen LogP contribution < -0.4 is 10.9 Å². The van der Waals surface area contributed by atoms with Crippen LogP contribution in [0.3, 0.4) is 0 Å². The van der Waals surface area contributed by atoms with Crippen LogP contribution in [-0.2, 0) is 16.1 Å². The predicted octanol–water partition coefficient (Wildman–Crippen LogP) is 1.87. The van der Waals surface area contributed by atoms with Gasteiger partial charge in [-0.3, -0.25) is 9.59 Å². The normalized spacial score (nSPS) is 10.5. The van der Waals surface area contributed by atoms with Gasteiger partial charge in [0.25, 0.3) is 5.56 Å². The van der Waals surface area contributed by atoms with Gasteiger partial charge in [-0.15, -0.1) is 5.10 Å². The van der Waals surface area contributed by atoms with E-state index in [1.807, 2.05) is 0 Å². The summed E-state index contributed by atoms with van der Waals surface area (Å²) in [6.45, 7) is -0.352. The molecule has 0 saturated carbocycles. The number of methoxy groups -OCH3 is 1. The Labute approximate surface area is 152 Å². The van der Waals surface area contributed by atoms with E-state index in [9.17, 15) is 14.4 Å². The zero-order valence-corrected chi connectivity index (χ0v) is 14.4. The number of aromatic nitrogens is 3. The molecule has 0 fully saturated rings. The number of nitrogens with one attached hydrogen (secondary N) is 1. The first-order valence-electron chi connectivity index (χ1n) is 7.50. The number of anilines is 1. The van der Waals surface area contributed by atoms with Crippen molar-refractivity contribution in [2.24, 2.45) is 0 Å². The van der Waals surface area contributed by atoms with Crippen LogP contribution in [0.2, 0.25) is 5.02 Å². The summed E-state index contributed by atoms with van der Waals surface area (Å²) in [5, 5.41) is 10.8. The number of amides is 1. The van der Waals surface area contributed by atoms with Gasteiger partial charge in [0.2, 0.25) is 5.91 Å². The largest absolute Gasteiger partial charge is 0.465 e. The maximum absolute atomic E-state index is 12.4. The smallest absolute Gasteiger partial charge is 0.337 e. The van der Waals surface area contributed by atoms with Gasteiger partial charge in [-0.25, -0.2) is 9.48 Å². The van der Waals surface area contributed by atoms with Crippen LogP contribution in [0.15, 0.2) is 47.3 Å². The lowest BCUT2D eigenvalue weighted by atomic mass is 10.2. The van der Waals surface area contributed by atoms with Gasteiger partial charge in [-0.1, -0.05) is 28.9 Å². The van der Waals surface area contributed by atoms with Crippen molar-refractivity contribution < 1.29 is 14.3 Å². The molecule has 0 aliphatic heterocycles. The minimum atomic E-state index is -0.561. The average molecular weight is 373 g/mol. The second-order valence-electron chi connectivity index (χ2n) is 5.30. The van der Waals surface area contributed by atoms with Gasteiger partial charge in [0, 0.05) is 0 Å². The molecule has 0 radical (unpaired) electrons. The SMILES string of the molecule is COC(=O)c1ccc(Cl)c(NC(=O)Cn2nnc3ccccc3c2=O)c1. The number of carbonyl (C=O) groups excluding carboxylic acids is 2. The molecular weight excluding hydrogens is 360 g/mol. The number of ether oxygens (including phenoxy) is 1. The molecule has 132 valence electrons. The predicted molar refractivity (Wildman–Crippen MR) is 95.2 cm³/mol. The van der Waals surface area contributed by atoms with E-state index < -0.39 is 17.4 Å². The van der Waals surface area contributed by atoms with E-state index >= 15 is 0 Å². The van der Waals surface area contributed by atoms with Crippen LogP contribution in [0, 0.1) is 0 Å². The Bertz CT molecular complexity index is 1060. The molecule has 0 spiro atoms. The highest BCUT2D eigenvalue weighted by Crippen LogP contribution is 2.23. The number of esters is 1. The molecular formula is C17H13ClN4O4. The molecule has 1 N–H and O–H groups in total. The van der Waals surface area contributed by atoms with Crippen molar-refractivity contribution >= 4 is 40.1 Å². The topological polar surface area (TPSA) is 103 Å². The standard InChI is InChI=1S/C17H13ClN4O4/c1-26-17(25)10-6-7-12(18)14(8-10)19-15(23)9-22-16(24)11-4-2-3-5-13(11)20-21-22/h2-8H,9H2,1H3,(H,19,23). The molecule has 0 aliphatic carbocycles. The van der Waals surface area contributed by atoms with E-state index in [1.165, 1.54) is 25.3 Å². The molecule has 8 nitrogen and oxygen atoms in total. The third-order valence-electron chi connectivity index (χ3n) is 3.58. The Morgan fingerprint density at radius 3 is 2.77 bits per heavy atom. The van der Waals surface area contributed by atoms with Gasteiger partial charge in [0.1, 0.15) is 12.1 Å². The summed E-state index contributed by atoms with van der Waals surface area (Å²) < 4.78 is 5.58. The Morgan fingerprint density at radius 1 is 1.23 bits per heavy atom. The highest BCUT2D eigenvalue weighted by molar-refractivity contribution is 6.33. The molecule has 0 unspecified atom stereocenters. The van der Waals surface area contributed by atoms with Crippen LogP contribution in [0.25, 0.3) is 10.9 Å². The number of rotatable bonds is 4. The van der Waals surface area contributed by atoms with Gasteiger partial charge in [-0.05, 0) is 30.3 Å². The van der Waals surface area contributed by atoms with E-state index in [2.05, 4.69) is 20.4 Å². The van der Waals surface area contributed by atoms with Crippen LogP contribution in [0.5, 0.6) is 0 Å². The molecule has 3 aromatic rings. The van der Waals surface area contributed by atoms with Crippen molar-refractivity contribution in [1.29, 1.82) is 0 Å². The highest BCUT2D eigenvalue weighted by atomic mass is 35.5. The number of carbonyl (C=O) groups is 2. The minimum Gasteiger partial charge on any atom is -0.465 e. The van der Waals surface area contributed by atoms with Crippen molar-refractivity contribution in [3.05, 3.63) is 63.4 Å². The number of nitrogens with zero attached hydrogens (tertiary/aromatic N) is 3. The highest BCUT2D eigenvalue weighted by Gasteiger charge is 2.13. The number of hydrogen-bond donors (Lipinski definition) is 1. The van der Waals surface area contributed by atoms with E-state index in [4.69, 9.17) is 11.6 Å². The number of benzene rings is 2. The monoisotopic (exact) mass is 372 g/mol. The Balaban J connectivity index is 1.83.